The van der Waals surface area contributed by atoms with E-state index in [4.69, 9.17) is 16.3 Å². The molecule has 1 aromatic heterocycles. The molecule has 0 aliphatic heterocycles. The van der Waals surface area contributed by atoms with Crippen LogP contribution in [0.4, 0.5) is 0 Å². The van der Waals surface area contributed by atoms with Gasteiger partial charge in [0.25, 0.3) is 0 Å². The van der Waals surface area contributed by atoms with Crippen LogP contribution in [0.2, 0.25) is 5.02 Å². The number of hydrogen-bond acceptors (Lipinski definition) is 3. The van der Waals surface area contributed by atoms with E-state index in [0.29, 0.717) is 16.3 Å². The van der Waals surface area contributed by atoms with Crippen molar-refractivity contribution in [3.8, 4) is 11.5 Å². The number of hydrogen-bond donors (Lipinski definition) is 1. The van der Waals surface area contributed by atoms with Gasteiger partial charge in [0.05, 0.1) is 6.61 Å². The van der Waals surface area contributed by atoms with E-state index >= 15 is 0 Å². The van der Waals surface area contributed by atoms with Gasteiger partial charge in [-0.15, -0.1) is 0 Å². The molecule has 0 atom stereocenters. The van der Waals surface area contributed by atoms with Crippen molar-refractivity contribution < 1.29 is 9.84 Å². The zero-order valence-electron chi connectivity index (χ0n) is 11.2. The van der Waals surface area contributed by atoms with Crippen LogP contribution in [0.15, 0.2) is 24.4 Å². The lowest BCUT2D eigenvalue weighted by Crippen LogP contribution is -1.97. The number of aryl methyl sites for hydroxylation is 3. The number of ether oxygens (including phenoxy) is 1. The molecule has 0 aliphatic carbocycles. The van der Waals surface area contributed by atoms with Crippen LogP contribution in [-0.4, -0.2) is 10.1 Å². The summed E-state index contributed by atoms with van der Waals surface area (Å²) >= 11 is 6.00. The van der Waals surface area contributed by atoms with Crippen molar-refractivity contribution in [2.45, 2.75) is 27.4 Å². The van der Waals surface area contributed by atoms with Crippen molar-refractivity contribution in [2.75, 3.05) is 0 Å². The van der Waals surface area contributed by atoms with E-state index in [2.05, 4.69) is 4.98 Å². The predicted octanol–water partition coefficient (Wildman–Crippen LogP) is 3.94. The first-order chi connectivity index (χ1) is 9.01. The van der Waals surface area contributed by atoms with Crippen LogP contribution in [0.1, 0.15) is 22.4 Å². The Hall–Kier alpha value is -1.58. The van der Waals surface area contributed by atoms with Crippen LogP contribution in [0, 0.1) is 20.8 Å². The summed E-state index contributed by atoms with van der Waals surface area (Å²) in [6.07, 6.45) is 1.63. The number of benzene rings is 1. The molecule has 0 fully saturated rings. The Balaban J connectivity index is 2.44. The first-order valence-electron chi connectivity index (χ1n) is 6.02. The zero-order valence-corrected chi connectivity index (χ0v) is 12.0. The number of aliphatic hydroxyl groups is 1. The first kappa shape index (κ1) is 13.8. The third-order valence-electron chi connectivity index (χ3n) is 2.89. The van der Waals surface area contributed by atoms with Gasteiger partial charge in [-0.3, -0.25) is 4.98 Å². The van der Waals surface area contributed by atoms with Gasteiger partial charge in [0.15, 0.2) is 0 Å². The third-order valence-corrected chi connectivity index (χ3v) is 3.11. The topological polar surface area (TPSA) is 42.4 Å². The SMILES string of the molecule is Cc1cc(Oc2c(C)cc(Cl)cc2C)c(CO)cn1. The second kappa shape index (κ2) is 5.59. The highest BCUT2D eigenvalue weighted by atomic mass is 35.5. The number of aliphatic hydroxyl groups excluding tert-OH is 1. The Labute approximate surface area is 117 Å². The van der Waals surface area contributed by atoms with E-state index < -0.39 is 0 Å². The Morgan fingerprint density at radius 3 is 2.37 bits per heavy atom. The monoisotopic (exact) mass is 277 g/mol. The molecular formula is C15H16ClNO2. The highest BCUT2D eigenvalue weighted by Crippen LogP contribution is 2.33. The molecular weight excluding hydrogens is 262 g/mol. The fourth-order valence-corrected chi connectivity index (χ4v) is 2.27. The zero-order chi connectivity index (χ0) is 14.0. The molecule has 1 N–H and O–H groups in total. The normalized spacial score (nSPS) is 10.6. The Bertz CT molecular complexity index is 588. The molecule has 1 heterocycles. The summed E-state index contributed by atoms with van der Waals surface area (Å²) in [6.45, 7) is 5.67. The maximum absolute atomic E-state index is 9.33. The lowest BCUT2D eigenvalue weighted by Gasteiger charge is -2.14. The second-order valence-electron chi connectivity index (χ2n) is 4.56. The molecule has 0 saturated carbocycles. The summed E-state index contributed by atoms with van der Waals surface area (Å²) < 4.78 is 5.94. The summed E-state index contributed by atoms with van der Waals surface area (Å²) in [5, 5.41) is 10.0. The van der Waals surface area contributed by atoms with Crippen LogP contribution in [0.25, 0.3) is 0 Å². The van der Waals surface area contributed by atoms with Gasteiger partial charge in [0, 0.05) is 28.5 Å². The highest BCUT2D eigenvalue weighted by molar-refractivity contribution is 6.30. The molecule has 0 radical (unpaired) electrons. The van der Waals surface area contributed by atoms with Crippen molar-refractivity contribution in [3.63, 3.8) is 0 Å². The summed E-state index contributed by atoms with van der Waals surface area (Å²) in [5.74, 6) is 1.40. The van der Waals surface area contributed by atoms with Crippen molar-refractivity contribution >= 4 is 11.6 Å². The fourth-order valence-electron chi connectivity index (χ4n) is 1.95. The van der Waals surface area contributed by atoms with E-state index in [1.54, 1.807) is 6.20 Å². The molecule has 2 aromatic rings. The van der Waals surface area contributed by atoms with E-state index in [0.717, 1.165) is 22.6 Å². The van der Waals surface area contributed by atoms with Crippen molar-refractivity contribution in [2.24, 2.45) is 0 Å². The molecule has 3 nitrogen and oxygen atoms in total. The minimum Gasteiger partial charge on any atom is -0.456 e. The first-order valence-corrected chi connectivity index (χ1v) is 6.40. The number of aromatic nitrogens is 1. The maximum Gasteiger partial charge on any atom is 0.136 e. The van der Waals surface area contributed by atoms with Gasteiger partial charge in [-0.1, -0.05) is 11.6 Å². The van der Waals surface area contributed by atoms with Gasteiger partial charge in [0.2, 0.25) is 0 Å². The van der Waals surface area contributed by atoms with E-state index in [9.17, 15) is 5.11 Å². The van der Waals surface area contributed by atoms with Gasteiger partial charge < -0.3 is 9.84 Å². The fraction of sp³-hybridized carbons (Fsp3) is 0.267. The van der Waals surface area contributed by atoms with Crippen LogP contribution in [-0.2, 0) is 6.61 Å². The molecule has 1 aromatic carbocycles. The van der Waals surface area contributed by atoms with Crippen LogP contribution in [0.5, 0.6) is 11.5 Å². The van der Waals surface area contributed by atoms with E-state index in [1.165, 1.54) is 0 Å². The molecule has 0 spiro atoms. The number of halogens is 1. The third kappa shape index (κ3) is 3.06. The van der Waals surface area contributed by atoms with Crippen molar-refractivity contribution in [3.05, 3.63) is 51.8 Å². The largest absolute Gasteiger partial charge is 0.456 e. The molecule has 0 aliphatic rings. The maximum atomic E-state index is 9.33. The van der Waals surface area contributed by atoms with Crippen LogP contribution >= 0.6 is 11.6 Å². The minimum absolute atomic E-state index is 0.103. The second-order valence-corrected chi connectivity index (χ2v) is 5.00. The minimum atomic E-state index is -0.103. The number of nitrogens with zero attached hydrogens (tertiary/aromatic N) is 1. The Kier molecular flexibility index (Phi) is 4.08. The summed E-state index contributed by atoms with van der Waals surface area (Å²) in [5.41, 5.74) is 3.43. The van der Waals surface area contributed by atoms with Crippen molar-refractivity contribution in [1.82, 2.24) is 4.98 Å². The van der Waals surface area contributed by atoms with E-state index in [-0.39, 0.29) is 6.61 Å². The molecule has 0 unspecified atom stereocenters. The smallest absolute Gasteiger partial charge is 0.136 e. The average Bonchev–Trinajstić information content (AvgIpc) is 2.34. The van der Waals surface area contributed by atoms with E-state index in [1.807, 2.05) is 39.0 Å². The van der Waals surface area contributed by atoms with Gasteiger partial charge in [-0.2, -0.15) is 0 Å². The molecule has 19 heavy (non-hydrogen) atoms. The quantitative estimate of drug-likeness (QED) is 0.924. The van der Waals surface area contributed by atoms with Crippen molar-refractivity contribution in [1.29, 1.82) is 0 Å². The molecule has 2 rings (SSSR count). The van der Waals surface area contributed by atoms with Crippen LogP contribution in [0.3, 0.4) is 0 Å². The standard InChI is InChI=1S/C15H16ClNO2/c1-9-4-13(16)5-10(2)15(9)19-14-6-11(3)17-7-12(14)8-18/h4-7,18H,8H2,1-3H3. The van der Waals surface area contributed by atoms with Gasteiger partial charge >= 0.3 is 0 Å². The highest BCUT2D eigenvalue weighted by Gasteiger charge is 2.10. The molecule has 4 heteroatoms. The Morgan fingerprint density at radius 1 is 1.16 bits per heavy atom. The molecule has 0 saturated heterocycles. The lowest BCUT2D eigenvalue weighted by atomic mass is 10.1. The number of rotatable bonds is 3. The molecule has 100 valence electrons. The van der Waals surface area contributed by atoms with Gasteiger partial charge in [-0.05, 0) is 44.0 Å². The summed E-state index contributed by atoms with van der Waals surface area (Å²) in [7, 11) is 0. The Morgan fingerprint density at radius 2 is 1.79 bits per heavy atom. The molecule has 0 bridgehead atoms. The van der Waals surface area contributed by atoms with Crippen LogP contribution < -0.4 is 4.74 Å². The predicted molar refractivity (Wildman–Crippen MR) is 75.9 cm³/mol. The summed E-state index contributed by atoms with van der Waals surface area (Å²) in [4.78, 5) is 4.15. The summed E-state index contributed by atoms with van der Waals surface area (Å²) in [6, 6.07) is 5.53. The number of pyridine rings is 1. The lowest BCUT2D eigenvalue weighted by molar-refractivity contribution is 0.275. The molecule has 0 amide bonds. The van der Waals surface area contributed by atoms with Gasteiger partial charge in [-0.25, -0.2) is 0 Å². The average molecular weight is 278 g/mol. The van der Waals surface area contributed by atoms with Gasteiger partial charge in [0.1, 0.15) is 11.5 Å².